The van der Waals surface area contributed by atoms with Crippen molar-refractivity contribution in [3.8, 4) is 0 Å². The summed E-state index contributed by atoms with van der Waals surface area (Å²) in [5.74, 6) is -2.64. The summed E-state index contributed by atoms with van der Waals surface area (Å²) in [4.78, 5) is 12.1. The highest BCUT2D eigenvalue weighted by atomic mass is 19.1. The predicted octanol–water partition coefficient (Wildman–Crippen LogP) is 4.56. The summed E-state index contributed by atoms with van der Waals surface area (Å²) in [6.07, 6.45) is 0.646. The van der Waals surface area contributed by atoms with Crippen molar-refractivity contribution in [1.29, 1.82) is 0 Å². The van der Waals surface area contributed by atoms with Gasteiger partial charge < -0.3 is 10.4 Å². The number of nitrogens with one attached hydrogen (secondary N) is 1. The molecular weight excluding hydrogens is 324 g/mol. The van der Waals surface area contributed by atoms with Gasteiger partial charge >= 0.3 is 0 Å². The van der Waals surface area contributed by atoms with Crippen LogP contribution in [-0.4, -0.2) is 16.6 Å². The fourth-order valence-electron chi connectivity index (χ4n) is 2.34. The van der Waals surface area contributed by atoms with Crippen LogP contribution in [0.5, 0.6) is 0 Å². The molecule has 0 saturated carbocycles. The van der Waals surface area contributed by atoms with Gasteiger partial charge in [0.05, 0.1) is 5.60 Å². The van der Waals surface area contributed by atoms with Crippen molar-refractivity contribution in [2.45, 2.75) is 39.7 Å². The van der Waals surface area contributed by atoms with Gasteiger partial charge in [-0.3, -0.25) is 4.79 Å². The van der Waals surface area contributed by atoms with E-state index in [1.807, 2.05) is 26.0 Å². The van der Waals surface area contributed by atoms with Gasteiger partial charge in [0.2, 0.25) is 0 Å². The average molecular weight is 347 g/mol. The number of aliphatic hydroxyl groups is 1. The Kier molecular flexibility index (Phi) is 5.28. The lowest BCUT2D eigenvalue weighted by molar-refractivity contribution is -0.0344. The van der Waals surface area contributed by atoms with Gasteiger partial charge in [0.25, 0.3) is 5.91 Å². The summed E-state index contributed by atoms with van der Waals surface area (Å²) in [6, 6.07) is 10.3. The Bertz CT molecular complexity index is 742. The van der Waals surface area contributed by atoms with Crippen LogP contribution >= 0.6 is 0 Å². The topological polar surface area (TPSA) is 49.3 Å². The fraction of sp³-hybridized carbons (Fsp3) is 0.350. The molecule has 2 aromatic carbocycles. The number of carbonyl (C=O) groups excluding carboxylic acids is 1. The number of amides is 1. The maximum Gasteiger partial charge on any atom is 0.261 e. The Morgan fingerprint density at radius 3 is 2.00 bits per heavy atom. The van der Waals surface area contributed by atoms with E-state index < -0.39 is 28.7 Å². The zero-order chi connectivity index (χ0) is 18.8. The number of hydrogen-bond donors (Lipinski definition) is 2. The molecule has 2 aromatic rings. The van der Waals surface area contributed by atoms with Gasteiger partial charge in [-0.25, -0.2) is 8.78 Å². The Morgan fingerprint density at radius 2 is 1.52 bits per heavy atom. The van der Waals surface area contributed by atoms with Gasteiger partial charge in [0.15, 0.2) is 0 Å². The second-order valence-electron chi connectivity index (χ2n) is 7.37. The predicted molar refractivity (Wildman–Crippen MR) is 94.5 cm³/mol. The van der Waals surface area contributed by atoms with Crippen molar-refractivity contribution in [3.63, 3.8) is 0 Å². The Balaban J connectivity index is 2.12. The molecule has 0 aromatic heterocycles. The minimum absolute atomic E-state index is 0.339. The van der Waals surface area contributed by atoms with Crippen molar-refractivity contribution in [2.24, 2.45) is 5.41 Å². The van der Waals surface area contributed by atoms with E-state index in [2.05, 4.69) is 5.32 Å². The summed E-state index contributed by atoms with van der Waals surface area (Å²) in [6.45, 7) is 7.49. The van der Waals surface area contributed by atoms with Gasteiger partial charge in [0, 0.05) is 5.69 Å². The molecule has 0 aliphatic rings. The lowest BCUT2D eigenvalue weighted by Gasteiger charge is -2.37. The number of rotatable bonds is 5. The molecule has 0 aliphatic heterocycles. The second kappa shape index (κ2) is 6.92. The van der Waals surface area contributed by atoms with Crippen molar-refractivity contribution >= 4 is 11.6 Å². The van der Waals surface area contributed by atoms with Gasteiger partial charge in [-0.05, 0) is 55.5 Å². The monoisotopic (exact) mass is 347 g/mol. The molecule has 0 bridgehead atoms. The highest BCUT2D eigenvalue weighted by Crippen LogP contribution is 2.34. The average Bonchev–Trinajstić information content (AvgIpc) is 2.47. The first-order valence-corrected chi connectivity index (χ1v) is 8.08. The second-order valence-corrected chi connectivity index (χ2v) is 7.37. The molecule has 1 amide bonds. The lowest BCUT2D eigenvalue weighted by Crippen LogP contribution is -2.40. The quantitative estimate of drug-likeness (QED) is 0.833. The first-order valence-electron chi connectivity index (χ1n) is 8.08. The number of hydrogen-bond acceptors (Lipinski definition) is 2. The summed E-state index contributed by atoms with van der Waals surface area (Å²) in [5.41, 5.74) is -0.356. The van der Waals surface area contributed by atoms with Crippen molar-refractivity contribution in [3.05, 3.63) is 65.2 Å². The number of halogens is 2. The first-order chi connectivity index (χ1) is 11.5. The van der Waals surface area contributed by atoms with Gasteiger partial charge in [-0.1, -0.05) is 32.0 Å². The first kappa shape index (κ1) is 19.1. The van der Waals surface area contributed by atoms with Crippen LogP contribution in [0.25, 0.3) is 0 Å². The van der Waals surface area contributed by atoms with Gasteiger partial charge in [-0.2, -0.15) is 0 Å². The molecule has 134 valence electrons. The lowest BCUT2D eigenvalue weighted by atomic mass is 9.73. The van der Waals surface area contributed by atoms with E-state index in [4.69, 9.17) is 0 Å². The third-order valence-electron chi connectivity index (χ3n) is 4.70. The van der Waals surface area contributed by atoms with E-state index in [0.717, 1.165) is 17.7 Å². The van der Waals surface area contributed by atoms with Crippen molar-refractivity contribution < 1.29 is 18.7 Å². The summed E-state index contributed by atoms with van der Waals surface area (Å²) < 4.78 is 27.3. The van der Waals surface area contributed by atoms with E-state index >= 15 is 0 Å². The maximum absolute atomic E-state index is 13.6. The fourth-order valence-corrected chi connectivity index (χ4v) is 2.34. The van der Waals surface area contributed by atoms with Crippen LogP contribution in [0.15, 0.2) is 42.5 Å². The molecule has 0 saturated heterocycles. The van der Waals surface area contributed by atoms with Crippen molar-refractivity contribution in [2.75, 3.05) is 5.32 Å². The third kappa shape index (κ3) is 4.42. The van der Waals surface area contributed by atoms with Gasteiger partial charge in [-0.15, -0.1) is 0 Å². The highest BCUT2D eigenvalue weighted by Gasteiger charge is 2.34. The van der Waals surface area contributed by atoms with E-state index in [1.54, 1.807) is 26.0 Å². The Morgan fingerprint density at radius 1 is 1.00 bits per heavy atom. The minimum Gasteiger partial charge on any atom is -0.390 e. The third-order valence-corrected chi connectivity index (χ3v) is 4.70. The Labute approximate surface area is 146 Å². The molecule has 0 aliphatic carbocycles. The van der Waals surface area contributed by atoms with Crippen LogP contribution < -0.4 is 5.32 Å². The number of benzene rings is 2. The molecule has 0 heterocycles. The van der Waals surface area contributed by atoms with E-state index in [1.165, 1.54) is 6.07 Å². The summed E-state index contributed by atoms with van der Waals surface area (Å²) >= 11 is 0. The molecule has 0 fully saturated rings. The van der Waals surface area contributed by atoms with Crippen LogP contribution in [0, 0.1) is 17.0 Å². The summed E-state index contributed by atoms with van der Waals surface area (Å²) in [7, 11) is 0. The SMILES string of the molecule is CC(C)(O)C(C)(C)Cc1ccc(NC(=O)c2c(F)cccc2F)cc1. The summed E-state index contributed by atoms with van der Waals surface area (Å²) in [5, 5.41) is 12.7. The molecule has 0 spiro atoms. The van der Waals surface area contributed by atoms with E-state index in [0.29, 0.717) is 12.1 Å². The van der Waals surface area contributed by atoms with E-state index in [9.17, 15) is 18.7 Å². The van der Waals surface area contributed by atoms with Crippen LogP contribution in [-0.2, 0) is 6.42 Å². The highest BCUT2D eigenvalue weighted by molar-refractivity contribution is 6.04. The minimum atomic E-state index is -0.902. The molecule has 0 atom stereocenters. The molecule has 0 unspecified atom stereocenters. The molecule has 3 nitrogen and oxygen atoms in total. The van der Waals surface area contributed by atoms with Crippen LogP contribution in [0.3, 0.4) is 0 Å². The number of anilines is 1. The van der Waals surface area contributed by atoms with Crippen LogP contribution in [0.2, 0.25) is 0 Å². The molecular formula is C20H23F2NO2. The molecule has 25 heavy (non-hydrogen) atoms. The standard InChI is InChI=1S/C20H23F2NO2/c1-19(2,20(3,4)25)12-13-8-10-14(11-9-13)23-18(24)17-15(21)6-5-7-16(17)22/h5-11,25H,12H2,1-4H3,(H,23,24). The number of carbonyl (C=O) groups is 1. The van der Waals surface area contributed by atoms with Crippen LogP contribution in [0.4, 0.5) is 14.5 Å². The van der Waals surface area contributed by atoms with Crippen molar-refractivity contribution in [1.82, 2.24) is 0 Å². The Hall–Kier alpha value is -2.27. The zero-order valence-corrected chi connectivity index (χ0v) is 14.9. The van der Waals surface area contributed by atoms with Gasteiger partial charge in [0.1, 0.15) is 17.2 Å². The molecule has 2 N–H and O–H groups in total. The normalized spacial score (nSPS) is 12.1. The van der Waals surface area contributed by atoms with E-state index in [-0.39, 0.29) is 5.41 Å². The largest absolute Gasteiger partial charge is 0.390 e. The molecule has 5 heteroatoms. The molecule has 0 radical (unpaired) electrons. The van der Waals surface area contributed by atoms with Crippen LogP contribution in [0.1, 0.15) is 43.6 Å². The zero-order valence-electron chi connectivity index (χ0n) is 14.9. The maximum atomic E-state index is 13.6. The smallest absolute Gasteiger partial charge is 0.261 e. The molecule has 2 rings (SSSR count).